The van der Waals surface area contributed by atoms with E-state index < -0.39 is 0 Å². The highest BCUT2D eigenvalue weighted by Gasteiger charge is 2.08. The van der Waals surface area contributed by atoms with Gasteiger partial charge < -0.3 is 0 Å². The maximum absolute atomic E-state index is 9.32. The van der Waals surface area contributed by atoms with E-state index in [0.717, 1.165) is 25.9 Å². The van der Waals surface area contributed by atoms with Gasteiger partial charge in [0.05, 0.1) is 12.6 Å². The van der Waals surface area contributed by atoms with Crippen LogP contribution in [0.4, 0.5) is 0 Å². The molecule has 0 spiro atoms. The molecule has 2 heteroatoms. The van der Waals surface area contributed by atoms with Crippen molar-refractivity contribution in [1.82, 2.24) is 4.90 Å². The van der Waals surface area contributed by atoms with Gasteiger partial charge in [-0.3, -0.25) is 4.90 Å². The summed E-state index contributed by atoms with van der Waals surface area (Å²) in [6, 6.07) is 34.8. The fourth-order valence-electron chi connectivity index (χ4n) is 4.10. The second-order valence-electron chi connectivity index (χ2n) is 8.23. The normalized spacial score (nSPS) is 11.0. The number of rotatable bonds is 8. The van der Waals surface area contributed by atoms with E-state index in [-0.39, 0.29) is 0 Å². The van der Waals surface area contributed by atoms with Gasteiger partial charge in [0.15, 0.2) is 0 Å². The number of aryl methyl sites for hydroxylation is 3. The number of benzene rings is 4. The van der Waals surface area contributed by atoms with Gasteiger partial charge in [-0.05, 0) is 64.4 Å². The van der Waals surface area contributed by atoms with Crippen LogP contribution in [0.5, 0.6) is 0 Å². The van der Waals surface area contributed by atoms with Crippen LogP contribution in [0, 0.1) is 18.3 Å². The van der Waals surface area contributed by atoms with Crippen molar-refractivity contribution in [2.45, 2.75) is 32.9 Å². The van der Waals surface area contributed by atoms with Crippen LogP contribution in [0.2, 0.25) is 0 Å². The van der Waals surface area contributed by atoms with Gasteiger partial charge in [-0.2, -0.15) is 5.26 Å². The summed E-state index contributed by atoms with van der Waals surface area (Å²) in [6.45, 7) is 4.14. The smallest absolute Gasteiger partial charge is 0.0871 e. The second-order valence-corrected chi connectivity index (χ2v) is 8.23. The standard InChI is InChI=1S/C29H28N2/c1-23-6-2-3-7-27(23)16-14-24-10-12-25(13-11-24)21-31(19-18-30)22-26-15-17-28-8-4-5-9-29(28)20-26/h2-13,15,17,20H,14,16,19,21-22H2,1H3. The second kappa shape index (κ2) is 10.1. The molecule has 0 bridgehead atoms. The molecule has 4 aromatic rings. The lowest BCUT2D eigenvalue weighted by Gasteiger charge is -2.20. The predicted octanol–water partition coefficient (Wildman–Crippen LogP) is 6.46. The molecule has 0 N–H and O–H groups in total. The van der Waals surface area contributed by atoms with Gasteiger partial charge in [0.2, 0.25) is 0 Å². The molecule has 0 saturated heterocycles. The van der Waals surface area contributed by atoms with Gasteiger partial charge in [0.25, 0.3) is 0 Å². The van der Waals surface area contributed by atoms with E-state index in [1.807, 2.05) is 0 Å². The zero-order valence-electron chi connectivity index (χ0n) is 18.1. The first-order valence-electron chi connectivity index (χ1n) is 10.9. The summed E-state index contributed by atoms with van der Waals surface area (Å²) in [5.41, 5.74) is 6.62. The van der Waals surface area contributed by atoms with Crippen LogP contribution in [0.1, 0.15) is 27.8 Å². The van der Waals surface area contributed by atoms with Crippen LogP contribution in [-0.2, 0) is 25.9 Å². The van der Waals surface area contributed by atoms with Crippen LogP contribution in [0.25, 0.3) is 10.8 Å². The van der Waals surface area contributed by atoms with Crippen LogP contribution in [0.15, 0.2) is 91.0 Å². The van der Waals surface area contributed by atoms with Crippen molar-refractivity contribution in [2.24, 2.45) is 0 Å². The number of fused-ring (bicyclic) bond motifs is 1. The Kier molecular flexibility index (Phi) is 6.77. The van der Waals surface area contributed by atoms with Gasteiger partial charge in [0, 0.05) is 13.1 Å². The molecular formula is C29H28N2. The lowest BCUT2D eigenvalue weighted by Crippen LogP contribution is -2.23. The van der Waals surface area contributed by atoms with Crippen LogP contribution >= 0.6 is 0 Å². The van der Waals surface area contributed by atoms with Crippen LogP contribution in [0.3, 0.4) is 0 Å². The topological polar surface area (TPSA) is 27.0 Å². The van der Waals surface area contributed by atoms with Gasteiger partial charge in [-0.25, -0.2) is 0 Å². The lowest BCUT2D eigenvalue weighted by atomic mass is 10.00. The Morgan fingerprint density at radius 1 is 0.677 bits per heavy atom. The van der Waals surface area contributed by atoms with E-state index >= 15 is 0 Å². The lowest BCUT2D eigenvalue weighted by molar-refractivity contribution is 0.289. The van der Waals surface area contributed by atoms with Gasteiger partial charge in [0.1, 0.15) is 0 Å². The SMILES string of the molecule is Cc1ccccc1CCc1ccc(CN(CC#N)Cc2ccc3ccccc3c2)cc1. The van der Waals surface area contributed by atoms with Gasteiger partial charge in [-0.1, -0.05) is 84.9 Å². The molecule has 0 aromatic heterocycles. The predicted molar refractivity (Wildman–Crippen MR) is 129 cm³/mol. The molecule has 0 fully saturated rings. The first kappa shape index (κ1) is 20.8. The molecule has 0 aliphatic heterocycles. The zero-order valence-corrected chi connectivity index (χ0v) is 18.1. The number of nitrogens with zero attached hydrogens (tertiary/aromatic N) is 2. The molecule has 2 nitrogen and oxygen atoms in total. The van der Waals surface area contributed by atoms with Crippen molar-refractivity contribution >= 4 is 10.8 Å². The summed E-state index contributed by atoms with van der Waals surface area (Å²) >= 11 is 0. The Hall–Kier alpha value is -3.41. The molecule has 4 aromatic carbocycles. The Bertz CT molecular complexity index is 1190. The average molecular weight is 405 g/mol. The minimum absolute atomic E-state index is 0.419. The molecular weight excluding hydrogens is 376 g/mol. The van der Waals surface area contributed by atoms with E-state index in [4.69, 9.17) is 0 Å². The molecule has 154 valence electrons. The molecule has 0 atom stereocenters. The van der Waals surface area contributed by atoms with Crippen LogP contribution < -0.4 is 0 Å². The van der Waals surface area contributed by atoms with Crippen LogP contribution in [-0.4, -0.2) is 11.4 Å². The fraction of sp³-hybridized carbons (Fsp3) is 0.207. The average Bonchev–Trinajstić information content (AvgIpc) is 2.79. The third-order valence-electron chi connectivity index (χ3n) is 5.89. The van der Waals surface area contributed by atoms with E-state index in [2.05, 4.69) is 109 Å². The molecule has 4 rings (SSSR count). The zero-order chi connectivity index (χ0) is 21.5. The van der Waals surface area contributed by atoms with E-state index in [1.165, 1.54) is 38.6 Å². The Labute approximate surface area is 185 Å². The Balaban J connectivity index is 1.39. The summed E-state index contributed by atoms with van der Waals surface area (Å²) in [6.07, 6.45) is 2.11. The molecule has 0 aliphatic carbocycles. The van der Waals surface area contributed by atoms with Crippen molar-refractivity contribution < 1.29 is 0 Å². The first-order valence-corrected chi connectivity index (χ1v) is 10.9. The van der Waals surface area contributed by atoms with Gasteiger partial charge >= 0.3 is 0 Å². The third kappa shape index (κ3) is 5.60. The molecule has 0 saturated carbocycles. The summed E-state index contributed by atoms with van der Waals surface area (Å²) in [5, 5.41) is 11.8. The quantitative estimate of drug-likeness (QED) is 0.315. The minimum Gasteiger partial charge on any atom is -0.282 e. The Morgan fingerprint density at radius 2 is 1.32 bits per heavy atom. The highest BCUT2D eigenvalue weighted by Crippen LogP contribution is 2.18. The molecule has 0 radical (unpaired) electrons. The molecule has 0 amide bonds. The highest BCUT2D eigenvalue weighted by atomic mass is 15.1. The van der Waals surface area contributed by atoms with E-state index in [9.17, 15) is 5.26 Å². The first-order chi connectivity index (χ1) is 15.2. The van der Waals surface area contributed by atoms with Crippen molar-refractivity contribution in [3.63, 3.8) is 0 Å². The molecule has 31 heavy (non-hydrogen) atoms. The van der Waals surface area contributed by atoms with E-state index in [1.54, 1.807) is 0 Å². The van der Waals surface area contributed by atoms with Crippen molar-refractivity contribution in [1.29, 1.82) is 5.26 Å². The van der Waals surface area contributed by atoms with Crippen molar-refractivity contribution in [3.05, 3.63) is 119 Å². The molecule has 0 aliphatic rings. The summed E-state index contributed by atoms with van der Waals surface area (Å²) in [4.78, 5) is 2.20. The number of hydrogen-bond donors (Lipinski definition) is 0. The number of hydrogen-bond acceptors (Lipinski definition) is 2. The van der Waals surface area contributed by atoms with E-state index in [0.29, 0.717) is 6.54 Å². The summed E-state index contributed by atoms with van der Waals surface area (Å²) < 4.78 is 0. The highest BCUT2D eigenvalue weighted by molar-refractivity contribution is 5.82. The van der Waals surface area contributed by atoms with Crippen molar-refractivity contribution in [3.8, 4) is 6.07 Å². The fourth-order valence-corrected chi connectivity index (χ4v) is 4.10. The summed E-state index contributed by atoms with van der Waals surface area (Å²) in [7, 11) is 0. The Morgan fingerprint density at radius 3 is 2.10 bits per heavy atom. The molecule has 0 heterocycles. The maximum Gasteiger partial charge on any atom is 0.0871 e. The monoisotopic (exact) mass is 404 g/mol. The number of nitriles is 1. The minimum atomic E-state index is 0.419. The largest absolute Gasteiger partial charge is 0.282 e. The summed E-state index contributed by atoms with van der Waals surface area (Å²) in [5.74, 6) is 0. The maximum atomic E-state index is 9.32. The van der Waals surface area contributed by atoms with Crippen molar-refractivity contribution in [2.75, 3.05) is 6.54 Å². The molecule has 0 unspecified atom stereocenters. The van der Waals surface area contributed by atoms with Gasteiger partial charge in [-0.15, -0.1) is 0 Å². The third-order valence-corrected chi connectivity index (χ3v) is 5.89.